The van der Waals surface area contributed by atoms with Crippen LogP contribution in [0.1, 0.15) is 51.7 Å². The third kappa shape index (κ3) is 5.05. The van der Waals surface area contributed by atoms with Crippen LogP contribution < -0.4 is 10.6 Å². The van der Waals surface area contributed by atoms with Crippen molar-refractivity contribution in [1.29, 1.82) is 0 Å². The average molecular weight is 346 g/mol. The van der Waals surface area contributed by atoms with Crippen LogP contribution in [0.25, 0.3) is 6.08 Å². The third-order valence-corrected chi connectivity index (χ3v) is 4.61. The van der Waals surface area contributed by atoms with E-state index in [0.29, 0.717) is 18.6 Å². The highest BCUT2D eigenvalue weighted by molar-refractivity contribution is 5.98. The molecule has 1 atom stereocenters. The highest BCUT2D eigenvalue weighted by Crippen LogP contribution is 2.29. The lowest BCUT2D eigenvalue weighted by Gasteiger charge is -2.37. The molecule has 0 bridgehead atoms. The summed E-state index contributed by atoms with van der Waals surface area (Å²) in [5.41, 5.74) is -0.959. The van der Waals surface area contributed by atoms with E-state index < -0.39 is 11.6 Å². The summed E-state index contributed by atoms with van der Waals surface area (Å²) >= 11 is 0. The Bertz CT molecular complexity index is 613. The molecule has 1 aromatic rings. The Kier molecular flexibility index (Phi) is 6.56. The molecule has 2 N–H and O–H groups in total. The number of aldehydes is 1. The van der Waals surface area contributed by atoms with Gasteiger partial charge in [0.15, 0.2) is 0 Å². The van der Waals surface area contributed by atoms with Crippen LogP contribution in [0.15, 0.2) is 28.9 Å². The van der Waals surface area contributed by atoms with Crippen molar-refractivity contribution in [3.63, 3.8) is 0 Å². The van der Waals surface area contributed by atoms with Gasteiger partial charge in [-0.2, -0.15) is 0 Å². The molecule has 6 heteroatoms. The average Bonchev–Trinajstić information content (AvgIpc) is 3.11. The molecule has 6 nitrogen and oxygen atoms in total. The lowest BCUT2D eigenvalue weighted by molar-refractivity contribution is -0.135. The number of amides is 2. The zero-order chi connectivity index (χ0) is 18.3. The second-order valence-electron chi connectivity index (χ2n) is 6.86. The van der Waals surface area contributed by atoms with Crippen molar-refractivity contribution >= 4 is 24.2 Å². The van der Waals surface area contributed by atoms with Crippen molar-refractivity contribution in [2.75, 3.05) is 0 Å². The zero-order valence-electron chi connectivity index (χ0n) is 14.8. The smallest absolute Gasteiger partial charge is 0.246 e. The highest BCUT2D eigenvalue weighted by atomic mass is 16.3. The molecule has 0 spiro atoms. The van der Waals surface area contributed by atoms with Gasteiger partial charge in [0.05, 0.1) is 12.3 Å². The van der Waals surface area contributed by atoms with Gasteiger partial charge in [-0.05, 0) is 37.0 Å². The van der Waals surface area contributed by atoms with Crippen LogP contribution in [-0.4, -0.2) is 29.7 Å². The number of nitrogens with one attached hydrogen (secondary N) is 2. The number of carbonyl (C=O) groups is 3. The van der Waals surface area contributed by atoms with Crippen LogP contribution in [0.3, 0.4) is 0 Å². The van der Waals surface area contributed by atoms with Gasteiger partial charge >= 0.3 is 0 Å². The van der Waals surface area contributed by atoms with E-state index in [-0.39, 0.29) is 17.7 Å². The summed E-state index contributed by atoms with van der Waals surface area (Å²) in [6.45, 7) is 3.75. The van der Waals surface area contributed by atoms with Gasteiger partial charge in [0.2, 0.25) is 11.8 Å². The molecular weight excluding hydrogens is 320 g/mol. The summed E-state index contributed by atoms with van der Waals surface area (Å²) in [5, 5.41) is 5.65. The van der Waals surface area contributed by atoms with Gasteiger partial charge < -0.3 is 19.8 Å². The summed E-state index contributed by atoms with van der Waals surface area (Å²) in [6, 6.07) is 2.92. The predicted molar refractivity (Wildman–Crippen MR) is 94.5 cm³/mol. The number of furan rings is 1. The molecule has 136 valence electrons. The third-order valence-electron chi connectivity index (χ3n) is 4.61. The summed E-state index contributed by atoms with van der Waals surface area (Å²) in [4.78, 5) is 36.4. The van der Waals surface area contributed by atoms with Gasteiger partial charge in [0, 0.05) is 6.08 Å². The fourth-order valence-electron chi connectivity index (χ4n) is 3.03. The molecule has 0 unspecified atom stereocenters. The number of carbonyl (C=O) groups excluding carboxylic acids is 3. The van der Waals surface area contributed by atoms with Crippen molar-refractivity contribution in [2.45, 2.75) is 57.5 Å². The van der Waals surface area contributed by atoms with E-state index in [9.17, 15) is 14.4 Å². The minimum atomic E-state index is -0.959. The van der Waals surface area contributed by atoms with Crippen LogP contribution in [0.2, 0.25) is 0 Å². The molecule has 0 aromatic carbocycles. The minimum absolute atomic E-state index is 0.00311. The number of rotatable bonds is 7. The van der Waals surface area contributed by atoms with Crippen molar-refractivity contribution in [1.82, 2.24) is 10.6 Å². The maximum atomic E-state index is 12.8. The maximum absolute atomic E-state index is 12.8. The Morgan fingerprint density at radius 2 is 1.96 bits per heavy atom. The molecule has 2 amide bonds. The predicted octanol–water partition coefficient (Wildman–Crippen LogP) is 2.45. The fourth-order valence-corrected chi connectivity index (χ4v) is 3.03. The van der Waals surface area contributed by atoms with E-state index in [1.807, 2.05) is 13.8 Å². The summed E-state index contributed by atoms with van der Waals surface area (Å²) in [6.07, 6.45) is 9.11. The normalized spacial score (nSPS) is 18.0. The van der Waals surface area contributed by atoms with Gasteiger partial charge in [0.25, 0.3) is 0 Å². The molecule has 25 heavy (non-hydrogen) atoms. The Hall–Kier alpha value is -2.37. The largest absolute Gasteiger partial charge is 0.465 e. The van der Waals surface area contributed by atoms with E-state index in [1.165, 1.54) is 12.3 Å². The number of hydrogen-bond acceptors (Lipinski definition) is 4. The van der Waals surface area contributed by atoms with Crippen molar-refractivity contribution in [2.24, 2.45) is 5.92 Å². The molecule has 1 heterocycles. The Balaban J connectivity index is 2.09. The van der Waals surface area contributed by atoms with Crippen LogP contribution in [-0.2, 0) is 14.4 Å². The minimum Gasteiger partial charge on any atom is -0.465 e. The Labute approximate surface area is 148 Å². The lowest BCUT2D eigenvalue weighted by Crippen LogP contribution is -2.61. The van der Waals surface area contributed by atoms with E-state index in [0.717, 1.165) is 25.5 Å². The van der Waals surface area contributed by atoms with Crippen molar-refractivity contribution in [3.05, 3.63) is 30.2 Å². The first-order valence-corrected chi connectivity index (χ1v) is 8.77. The first-order valence-electron chi connectivity index (χ1n) is 8.77. The second kappa shape index (κ2) is 8.65. The molecule has 0 radical (unpaired) electrons. The van der Waals surface area contributed by atoms with Crippen molar-refractivity contribution in [3.8, 4) is 0 Å². The molecule has 1 aliphatic rings. The van der Waals surface area contributed by atoms with Crippen LogP contribution >= 0.6 is 0 Å². The molecule has 0 aliphatic heterocycles. The van der Waals surface area contributed by atoms with Crippen LogP contribution in [0.4, 0.5) is 0 Å². The molecule has 1 aliphatic carbocycles. The molecule has 1 saturated carbocycles. The summed E-state index contributed by atoms with van der Waals surface area (Å²) in [5.74, 6) is -0.0619. The second-order valence-corrected chi connectivity index (χ2v) is 6.86. The van der Waals surface area contributed by atoms with Crippen LogP contribution in [0, 0.1) is 5.92 Å². The Morgan fingerprint density at radius 1 is 1.24 bits per heavy atom. The van der Waals surface area contributed by atoms with E-state index in [4.69, 9.17) is 4.42 Å². The van der Waals surface area contributed by atoms with E-state index in [2.05, 4.69) is 10.6 Å². The first-order chi connectivity index (χ1) is 12.0. The first kappa shape index (κ1) is 19.0. The van der Waals surface area contributed by atoms with Gasteiger partial charge in [-0.25, -0.2) is 0 Å². The lowest BCUT2D eigenvalue weighted by atomic mass is 9.80. The molecule has 2 rings (SSSR count). The van der Waals surface area contributed by atoms with Gasteiger partial charge in [-0.1, -0.05) is 33.1 Å². The Morgan fingerprint density at radius 3 is 2.52 bits per heavy atom. The SMILES string of the molecule is CC(C)[C@@H](C=O)NC(=O)C1(NC(=O)C=Cc2ccco2)CCCCC1. The molecular formula is C19H26N2O4. The molecule has 1 aromatic heterocycles. The highest BCUT2D eigenvalue weighted by Gasteiger charge is 2.41. The summed E-state index contributed by atoms with van der Waals surface area (Å²) < 4.78 is 5.16. The topological polar surface area (TPSA) is 88.4 Å². The van der Waals surface area contributed by atoms with Crippen LogP contribution in [0.5, 0.6) is 0 Å². The van der Waals surface area contributed by atoms with Crippen molar-refractivity contribution < 1.29 is 18.8 Å². The van der Waals surface area contributed by atoms with Gasteiger partial charge in [-0.15, -0.1) is 0 Å². The van der Waals surface area contributed by atoms with Gasteiger partial charge in [0.1, 0.15) is 17.6 Å². The number of hydrogen-bond donors (Lipinski definition) is 2. The molecule has 0 saturated heterocycles. The maximum Gasteiger partial charge on any atom is 0.246 e. The van der Waals surface area contributed by atoms with E-state index >= 15 is 0 Å². The monoisotopic (exact) mass is 346 g/mol. The fraction of sp³-hybridized carbons (Fsp3) is 0.526. The quantitative estimate of drug-likeness (QED) is 0.586. The standard InChI is InChI=1S/C19H26N2O4/c1-14(2)16(13-22)20-18(24)19(10-4-3-5-11-19)21-17(23)9-8-15-7-6-12-25-15/h6-9,12-14,16H,3-5,10-11H2,1-2H3,(H,20,24)(H,21,23)/t16-/m1/s1. The molecule has 1 fully saturated rings. The van der Waals surface area contributed by atoms with E-state index in [1.54, 1.807) is 18.2 Å². The summed E-state index contributed by atoms with van der Waals surface area (Å²) in [7, 11) is 0. The van der Waals surface area contributed by atoms with Gasteiger partial charge in [-0.3, -0.25) is 9.59 Å². The zero-order valence-corrected chi connectivity index (χ0v) is 14.8.